The summed E-state index contributed by atoms with van der Waals surface area (Å²) in [6.07, 6.45) is 5.71. The molecule has 2 aliphatic rings. The van der Waals surface area contributed by atoms with Crippen molar-refractivity contribution >= 4 is 39.4 Å². The lowest BCUT2D eigenvalue weighted by atomic mass is 9.95. The van der Waals surface area contributed by atoms with Gasteiger partial charge >= 0.3 is 0 Å². The number of para-hydroxylation sites is 1. The van der Waals surface area contributed by atoms with Crippen molar-refractivity contribution < 1.29 is 14.4 Å². The van der Waals surface area contributed by atoms with Crippen LogP contribution in [0.15, 0.2) is 72.9 Å². The molecule has 1 aromatic heterocycles. The maximum Gasteiger partial charge on any atom is 0.243 e. The zero-order valence-corrected chi connectivity index (χ0v) is 25.0. The van der Waals surface area contributed by atoms with E-state index >= 15 is 0 Å². The molecule has 2 atom stereocenters. The predicted octanol–water partition coefficient (Wildman–Crippen LogP) is 2.94. The van der Waals surface area contributed by atoms with Crippen LogP contribution in [0.2, 0.25) is 0 Å². The number of aromatic nitrogens is 1. The van der Waals surface area contributed by atoms with E-state index in [4.69, 9.17) is 0 Å². The van der Waals surface area contributed by atoms with Gasteiger partial charge in [-0.3, -0.25) is 14.4 Å². The van der Waals surface area contributed by atoms with Crippen LogP contribution in [-0.4, -0.2) is 67.0 Å². The van der Waals surface area contributed by atoms with Gasteiger partial charge in [-0.05, 0) is 79.8 Å². The minimum atomic E-state index is -0.831. The largest absolute Gasteiger partial charge is 0.361 e. The Labute approximate surface area is 257 Å². The second-order valence-electron chi connectivity index (χ2n) is 12.1. The Morgan fingerprint density at radius 2 is 1.41 bits per heavy atom. The topological polar surface area (TPSA) is 127 Å². The first kappa shape index (κ1) is 29.8. The van der Waals surface area contributed by atoms with E-state index in [1.54, 1.807) is 0 Å². The van der Waals surface area contributed by atoms with Crippen LogP contribution in [0.5, 0.6) is 0 Å². The van der Waals surface area contributed by atoms with Gasteiger partial charge in [-0.15, -0.1) is 0 Å². The summed E-state index contributed by atoms with van der Waals surface area (Å²) in [6.45, 7) is 3.26. The molecule has 3 aromatic carbocycles. The van der Waals surface area contributed by atoms with E-state index in [-0.39, 0.29) is 29.7 Å². The van der Waals surface area contributed by atoms with E-state index in [2.05, 4.69) is 49.8 Å². The van der Waals surface area contributed by atoms with Crippen molar-refractivity contribution in [3.63, 3.8) is 0 Å². The minimum Gasteiger partial charge on any atom is -0.361 e. The predicted molar refractivity (Wildman–Crippen MR) is 173 cm³/mol. The number of hydrogen-bond donors (Lipinski definition) is 6. The summed E-state index contributed by atoms with van der Waals surface area (Å²) in [6, 6.07) is 20.6. The van der Waals surface area contributed by atoms with E-state index in [0.29, 0.717) is 12.8 Å². The van der Waals surface area contributed by atoms with E-state index < -0.39 is 12.1 Å². The molecule has 6 N–H and O–H groups in total. The average molecular weight is 595 g/mol. The second kappa shape index (κ2) is 14.1. The summed E-state index contributed by atoms with van der Waals surface area (Å²) in [7, 11) is 0. The molecule has 44 heavy (non-hydrogen) atoms. The van der Waals surface area contributed by atoms with Crippen LogP contribution < -0.4 is 26.6 Å². The highest BCUT2D eigenvalue weighted by molar-refractivity contribution is 5.94. The molecule has 0 radical (unpaired) electrons. The lowest BCUT2D eigenvalue weighted by Gasteiger charge is -2.28. The van der Waals surface area contributed by atoms with Crippen molar-refractivity contribution in [1.29, 1.82) is 0 Å². The van der Waals surface area contributed by atoms with Gasteiger partial charge in [0.2, 0.25) is 17.7 Å². The van der Waals surface area contributed by atoms with Crippen molar-refractivity contribution in [3.05, 3.63) is 84.1 Å². The number of rotatable bonds is 10. The molecule has 9 nitrogen and oxygen atoms in total. The highest BCUT2D eigenvalue weighted by Crippen LogP contribution is 2.21. The molecule has 6 rings (SSSR count). The van der Waals surface area contributed by atoms with Gasteiger partial charge in [0.15, 0.2) is 0 Å². The van der Waals surface area contributed by atoms with Crippen LogP contribution in [0.1, 0.15) is 36.8 Å². The number of benzene rings is 3. The Balaban J connectivity index is 1.25. The third-order valence-electron chi connectivity index (χ3n) is 9.01. The Hall–Kier alpha value is -4.21. The van der Waals surface area contributed by atoms with Gasteiger partial charge in [-0.2, -0.15) is 0 Å². The summed E-state index contributed by atoms with van der Waals surface area (Å²) < 4.78 is 0. The molecular formula is C35H42N6O3. The van der Waals surface area contributed by atoms with Crippen molar-refractivity contribution in [3.8, 4) is 0 Å². The standard InChI is InChI=1S/C35H42N6O3/c42-33(25-11-15-36-16-12-25)40-32(21-27-22-38-30-8-4-3-7-29(27)30)35(44)41-31(34(43)39-28-13-17-37-18-14-28)20-23-9-10-24-5-1-2-6-26(24)19-23/h1-10,19,22,25,28,31-32,36-38H,11-18,20-21H2,(H,39,43)(H,40,42)(H,41,44)/t31-,32?/m0/s1. The second-order valence-corrected chi connectivity index (χ2v) is 12.1. The lowest BCUT2D eigenvalue weighted by molar-refractivity contribution is -0.133. The molecule has 3 heterocycles. The smallest absolute Gasteiger partial charge is 0.243 e. The van der Waals surface area contributed by atoms with Gasteiger partial charge in [-0.1, -0.05) is 60.7 Å². The Kier molecular flexibility index (Phi) is 9.53. The quantitative estimate of drug-likeness (QED) is 0.168. The first-order valence-corrected chi connectivity index (χ1v) is 15.9. The van der Waals surface area contributed by atoms with Gasteiger partial charge < -0.3 is 31.6 Å². The number of hydrogen-bond acceptors (Lipinski definition) is 5. The maximum absolute atomic E-state index is 14.1. The van der Waals surface area contributed by atoms with E-state index in [1.807, 2.05) is 54.7 Å². The van der Waals surface area contributed by atoms with Crippen LogP contribution in [0.4, 0.5) is 0 Å². The van der Waals surface area contributed by atoms with E-state index in [1.165, 1.54) is 0 Å². The first-order valence-electron chi connectivity index (χ1n) is 15.9. The normalized spacial score (nSPS) is 17.6. The van der Waals surface area contributed by atoms with Crippen molar-refractivity contribution in [2.24, 2.45) is 5.92 Å². The highest BCUT2D eigenvalue weighted by atomic mass is 16.2. The van der Waals surface area contributed by atoms with Gasteiger partial charge in [0.25, 0.3) is 0 Å². The van der Waals surface area contributed by atoms with E-state index in [0.717, 1.165) is 84.7 Å². The number of carbonyl (C=O) groups excluding carboxylic acids is 3. The molecule has 0 aliphatic carbocycles. The Bertz CT molecular complexity index is 1600. The zero-order valence-electron chi connectivity index (χ0n) is 25.0. The number of fused-ring (bicyclic) bond motifs is 2. The van der Waals surface area contributed by atoms with Crippen LogP contribution in [0.25, 0.3) is 21.7 Å². The zero-order chi connectivity index (χ0) is 30.3. The van der Waals surface area contributed by atoms with Gasteiger partial charge in [0.1, 0.15) is 12.1 Å². The molecule has 0 bridgehead atoms. The first-order chi connectivity index (χ1) is 21.5. The monoisotopic (exact) mass is 594 g/mol. The molecule has 4 aromatic rings. The molecule has 2 aliphatic heterocycles. The fourth-order valence-electron chi connectivity index (χ4n) is 6.45. The summed E-state index contributed by atoms with van der Waals surface area (Å²) in [5.41, 5.74) is 2.87. The minimum absolute atomic E-state index is 0.0568. The third-order valence-corrected chi connectivity index (χ3v) is 9.01. The Morgan fingerprint density at radius 3 is 2.20 bits per heavy atom. The summed E-state index contributed by atoms with van der Waals surface area (Å²) in [4.78, 5) is 44.5. The molecule has 3 amide bonds. The summed E-state index contributed by atoms with van der Waals surface area (Å²) in [5, 5.41) is 19.2. The number of H-pyrrole nitrogens is 1. The summed E-state index contributed by atoms with van der Waals surface area (Å²) >= 11 is 0. The highest BCUT2D eigenvalue weighted by Gasteiger charge is 2.31. The number of nitrogens with one attached hydrogen (secondary N) is 6. The molecule has 1 unspecified atom stereocenters. The average Bonchev–Trinajstić information content (AvgIpc) is 3.47. The van der Waals surface area contributed by atoms with Crippen LogP contribution >= 0.6 is 0 Å². The van der Waals surface area contributed by atoms with Crippen molar-refractivity contribution in [2.75, 3.05) is 26.2 Å². The molecule has 2 saturated heterocycles. The number of amides is 3. The van der Waals surface area contributed by atoms with Crippen LogP contribution in [-0.2, 0) is 27.2 Å². The SMILES string of the molecule is O=C(NC(Cc1c[nH]c2ccccc12)C(=O)N[C@@H](Cc1ccc2ccccc2c1)C(=O)NC1CCNCC1)C1CCNCC1. The molecule has 9 heteroatoms. The number of carbonyl (C=O) groups is 3. The lowest BCUT2D eigenvalue weighted by Crippen LogP contribution is -2.57. The number of aromatic amines is 1. The fourth-order valence-corrected chi connectivity index (χ4v) is 6.45. The molecule has 230 valence electrons. The molecule has 0 saturated carbocycles. The van der Waals surface area contributed by atoms with Gasteiger partial charge in [-0.25, -0.2) is 0 Å². The third kappa shape index (κ3) is 7.29. The molecular weight excluding hydrogens is 552 g/mol. The van der Waals surface area contributed by atoms with E-state index in [9.17, 15) is 14.4 Å². The number of piperidine rings is 2. The van der Waals surface area contributed by atoms with Gasteiger partial charge in [0.05, 0.1) is 0 Å². The van der Waals surface area contributed by atoms with Crippen molar-refractivity contribution in [1.82, 2.24) is 31.6 Å². The van der Waals surface area contributed by atoms with Crippen LogP contribution in [0, 0.1) is 5.92 Å². The summed E-state index contributed by atoms with van der Waals surface area (Å²) in [5.74, 6) is -0.819. The van der Waals surface area contributed by atoms with Crippen LogP contribution in [0.3, 0.4) is 0 Å². The molecule has 2 fully saturated rings. The maximum atomic E-state index is 14.1. The van der Waals surface area contributed by atoms with Gasteiger partial charge in [0, 0.05) is 41.9 Å². The van der Waals surface area contributed by atoms with Crippen molar-refractivity contribution in [2.45, 2.75) is 56.7 Å². The fraction of sp³-hybridized carbons (Fsp3) is 0.400. The molecule has 0 spiro atoms. The Morgan fingerprint density at radius 1 is 0.727 bits per heavy atom.